The first-order valence-corrected chi connectivity index (χ1v) is 43.4. The Balaban J connectivity index is 1.34. The Morgan fingerprint density at radius 2 is 0.657 bits per heavy atom. The number of carbonyl (C=O) groups is 1. The van der Waals surface area contributed by atoms with Gasteiger partial charge in [0, 0.05) is 6.42 Å². The number of hydrogen-bond donors (Lipinski definition) is 12. The van der Waals surface area contributed by atoms with E-state index in [-0.39, 0.29) is 18.9 Å². The summed E-state index contributed by atoms with van der Waals surface area (Å²) in [5.41, 5.74) is 0. The molecule has 0 aliphatic carbocycles. The van der Waals surface area contributed by atoms with Crippen LogP contribution in [0.3, 0.4) is 0 Å². The van der Waals surface area contributed by atoms with Gasteiger partial charge in [0.2, 0.25) is 5.91 Å². The second kappa shape index (κ2) is 66.4. The van der Waals surface area contributed by atoms with E-state index >= 15 is 0 Å². The van der Waals surface area contributed by atoms with Gasteiger partial charge >= 0.3 is 0 Å². The Morgan fingerprint density at radius 3 is 1.03 bits per heavy atom. The summed E-state index contributed by atoms with van der Waals surface area (Å²) in [5.74, 6) is -0.237. The van der Waals surface area contributed by atoms with Crippen molar-refractivity contribution in [3.63, 3.8) is 0 Å². The molecule has 17 unspecified atom stereocenters. The number of allylic oxidation sites excluding steroid dienone is 8. The number of rotatable bonds is 70. The zero-order chi connectivity index (χ0) is 76.0. The van der Waals surface area contributed by atoms with Crippen molar-refractivity contribution in [3.05, 3.63) is 48.6 Å². The van der Waals surface area contributed by atoms with Gasteiger partial charge in [-0.3, -0.25) is 4.79 Å². The van der Waals surface area contributed by atoms with Crippen LogP contribution < -0.4 is 5.32 Å². The molecule has 0 aromatic carbocycles. The third kappa shape index (κ3) is 45.8. The maximum absolute atomic E-state index is 13.5. The molecule has 0 spiro atoms. The lowest BCUT2D eigenvalue weighted by molar-refractivity contribution is -0.379. The predicted molar refractivity (Wildman–Crippen MR) is 420 cm³/mol. The van der Waals surface area contributed by atoms with E-state index in [1.165, 1.54) is 257 Å². The lowest BCUT2D eigenvalue weighted by Crippen LogP contribution is -2.66. The van der Waals surface area contributed by atoms with E-state index in [0.29, 0.717) is 12.8 Å². The summed E-state index contributed by atoms with van der Waals surface area (Å²) < 4.78 is 34.6. The lowest BCUT2D eigenvalue weighted by Gasteiger charge is -2.48. The number of aliphatic hydroxyl groups excluding tert-OH is 11. The predicted octanol–water partition coefficient (Wildman–Crippen LogP) is 15.6. The van der Waals surface area contributed by atoms with Gasteiger partial charge in [-0.15, -0.1) is 0 Å². The van der Waals surface area contributed by atoms with Crippen molar-refractivity contribution in [1.29, 1.82) is 0 Å². The summed E-state index contributed by atoms with van der Waals surface area (Å²) in [6.45, 7) is 1.75. The van der Waals surface area contributed by atoms with Gasteiger partial charge in [0.1, 0.15) is 73.2 Å². The maximum atomic E-state index is 13.5. The van der Waals surface area contributed by atoms with Crippen LogP contribution in [0.5, 0.6) is 0 Å². The molecule has 0 aromatic heterocycles. The summed E-state index contributed by atoms with van der Waals surface area (Å²) in [6.07, 6.45) is 57.8. The third-order valence-corrected chi connectivity index (χ3v) is 21.7. The number of ether oxygens (including phenoxy) is 6. The third-order valence-electron chi connectivity index (χ3n) is 21.7. The number of unbranched alkanes of at least 4 members (excludes halogenated alkanes) is 46. The standard InChI is InChI=1S/C86H159NO18/c1-3-5-7-9-11-13-15-17-19-21-23-25-27-29-31-33-34-36-38-40-42-44-46-48-50-52-54-56-58-60-62-64-74(92)87-69(70(91)63-61-59-57-55-53-51-49-47-45-43-41-39-37-35-32-30-28-26-24-22-20-18-16-14-12-10-8-6-4-2)68-100-84-80(98)77(95)82(72(66-89)102-84)105-86-81(99)78(96)83(73(67-90)103-86)104-85-79(97)76(94)75(93)71(65-88)101-85/h5,7,11,13,17,19,23,25,69-73,75-86,88-91,93-99H,3-4,6,8-10,12,14-16,18,20-22,24,26-68H2,1-2H3,(H,87,92)/b7-5-,13-11-,19-17-,25-23-. The first-order chi connectivity index (χ1) is 51.3. The molecule has 1 amide bonds. The summed E-state index contributed by atoms with van der Waals surface area (Å²) in [7, 11) is 0. The average Bonchev–Trinajstić information content (AvgIpc) is 0.781. The molecular weight excluding hydrogens is 1330 g/mol. The quantitative estimate of drug-likeness (QED) is 0.0199. The van der Waals surface area contributed by atoms with Crippen LogP contribution in [0.25, 0.3) is 0 Å². The van der Waals surface area contributed by atoms with Crippen LogP contribution in [0.15, 0.2) is 48.6 Å². The van der Waals surface area contributed by atoms with Crippen molar-refractivity contribution in [2.24, 2.45) is 0 Å². The molecule has 3 heterocycles. The van der Waals surface area contributed by atoms with Crippen LogP contribution in [0, 0.1) is 0 Å². The van der Waals surface area contributed by atoms with E-state index in [0.717, 1.165) is 70.6 Å². The highest BCUT2D eigenvalue weighted by Gasteiger charge is 2.54. The Hall–Kier alpha value is -2.25. The Kier molecular flexibility index (Phi) is 61.3. The van der Waals surface area contributed by atoms with Crippen molar-refractivity contribution >= 4 is 5.91 Å². The second-order valence-electron chi connectivity index (χ2n) is 31.0. The monoisotopic (exact) mass is 1490 g/mol. The Morgan fingerprint density at radius 1 is 0.352 bits per heavy atom. The summed E-state index contributed by atoms with van der Waals surface area (Å²) >= 11 is 0. The van der Waals surface area contributed by atoms with Crippen LogP contribution in [-0.4, -0.2) is 193 Å². The Labute approximate surface area is 637 Å². The molecule has 17 atom stereocenters. The van der Waals surface area contributed by atoms with Crippen LogP contribution in [0.4, 0.5) is 0 Å². The highest BCUT2D eigenvalue weighted by molar-refractivity contribution is 5.76. The first kappa shape index (κ1) is 96.9. The molecule has 3 aliphatic heterocycles. The van der Waals surface area contributed by atoms with Crippen molar-refractivity contribution in [2.45, 2.75) is 465 Å². The first-order valence-electron chi connectivity index (χ1n) is 43.4. The van der Waals surface area contributed by atoms with Crippen LogP contribution >= 0.6 is 0 Å². The van der Waals surface area contributed by atoms with Crippen molar-refractivity contribution in [2.75, 3.05) is 26.4 Å². The van der Waals surface area contributed by atoms with Gasteiger partial charge in [-0.25, -0.2) is 0 Å². The van der Waals surface area contributed by atoms with E-state index in [9.17, 15) is 61.0 Å². The average molecular weight is 1500 g/mol. The van der Waals surface area contributed by atoms with Gasteiger partial charge in [0.15, 0.2) is 18.9 Å². The van der Waals surface area contributed by atoms with Gasteiger partial charge in [-0.2, -0.15) is 0 Å². The van der Waals surface area contributed by atoms with E-state index < -0.39 is 124 Å². The molecule has 0 radical (unpaired) electrons. The zero-order valence-electron chi connectivity index (χ0n) is 66.2. The molecule has 12 N–H and O–H groups in total. The fourth-order valence-corrected chi connectivity index (χ4v) is 14.8. The van der Waals surface area contributed by atoms with E-state index in [1.54, 1.807) is 0 Å². The van der Waals surface area contributed by atoms with Crippen molar-refractivity contribution in [3.8, 4) is 0 Å². The summed E-state index contributed by atoms with van der Waals surface area (Å²) in [4.78, 5) is 13.5. The molecule has 616 valence electrons. The minimum atomic E-state index is -1.97. The highest BCUT2D eigenvalue weighted by atomic mass is 16.8. The largest absolute Gasteiger partial charge is 0.394 e. The lowest BCUT2D eigenvalue weighted by atomic mass is 9.96. The minimum Gasteiger partial charge on any atom is -0.394 e. The van der Waals surface area contributed by atoms with Gasteiger partial charge in [-0.1, -0.05) is 351 Å². The fourth-order valence-electron chi connectivity index (χ4n) is 14.8. The molecule has 0 bridgehead atoms. The van der Waals surface area contributed by atoms with E-state index in [1.807, 2.05) is 0 Å². The summed E-state index contributed by atoms with van der Waals surface area (Å²) in [5, 5.41) is 121. The number of nitrogens with one attached hydrogen (secondary N) is 1. The number of hydrogen-bond acceptors (Lipinski definition) is 18. The molecule has 3 aliphatic rings. The van der Waals surface area contributed by atoms with Gasteiger partial charge in [0.25, 0.3) is 0 Å². The molecule has 19 nitrogen and oxygen atoms in total. The molecule has 0 saturated carbocycles. The van der Waals surface area contributed by atoms with E-state index in [4.69, 9.17) is 28.4 Å². The number of carbonyl (C=O) groups excluding carboxylic acids is 1. The van der Waals surface area contributed by atoms with Gasteiger partial charge in [0.05, 0.1) is 38.6 Å². The maximum Gasteiger partial charge on any atom is 0.220 e. The van der Waals surface area contributed by atoms with Crippen molar-refractivity contribution < 1.29 is 89.4 Å². The molecule has 105 heavy (non-hydrogen) atoms. The number of amides is 1. The van der Waals surface area contributed by atoms with Crippen LogP contribution in [-0.2, 0) is 33.2 Å². The molecule has 3 fully saturated rings. The molecular formula is C86H159NO18. The van der Waals surface area contributed by atoms with Crippen LogP contribution in [0.1, 0.15) is 361 Å². The topological polar surface area (TPSA) is 307 Å². The van der Waals surface area contributed by atoms with Gasteiger partial charge < -0.3 is 89.9 Å². The zero-order valence-corrected chi connectivity index (χ0v) is 66.2. The smallest absolute Gasteiger partial charge is 0.220 e. The SMILES string of the molecule is CC/C=C\C/C=C\C/C=C\C/C=C\CCCCCCCCCCCCCCCCCCCCC(=O)NC(COC1OC(CO)C(OC2OC(CO)C(OC3OC(CO)C(O)C(O)C3O)C(O)C2O)C(O)C1O)C(O)CCCCCCCCCCCCCCCCCCCCCCCCCCCCCCC. The van der Waals surface area contributed by atoms with Crippen molar-refractivity contribution in [1.82, 2.24) is 5.32 Å². The van der Waals surface area contributed by atoms with Gasteiger partial charge in [-0.05, 0) is 51.4 Å². The highest BCUT2D eigenvalue weighted by Crippen LogP contribution is 2.34. The Bertz CT molecular complexity index is 2080. The van der Waals surface area contributed by atoms with E-state index in [2.05, 4.69) is 67.8 Å². The number of aliphatic hydroxyl groups is 11. The van der Waals surface area contributed by atoms with Crippen LogP contribution in [0.2, 0.25) is 0 Å². The normalized spacial score (nSPS) is 26.0. The second-order valence-corrected chi connectivity index (χ2v) is 31.0. The summed E-state index contributed by atoms with van der Waals surface area (Å²) in [6, 6.07) is -0.889. The molecule has 19 heteroatoms. The fraction of sp³-hybridized carbons (Fsp3) is 0.895. The molecule has 3 rings (SSSR count). The molecule has 3 saturated heterocycles. The minimum absolute atomic E-state index is 0.237. The molecule has 0 aromatic rings.